The van der Waals surface area contributed by atoms with Gasteiger partial charge in [-0.05, 0) is 0 Å². The summed E-state index contributed by atoms with van der Waals surface area (Å²) in [6, 6.07) is 2.47. The molecule has 1 aliphatic heterocycles. The van der Waals surface area contributed by atoms with E-state index in [4.69, 9.17) is 5.41 Å². The molecule has 3 rings (SSSR count). The van der Waals surface area contributed by atoms with Crippen LogP contribution in [0, 0.1) is 5.41 Å². The molecular weight excluding hydrogens is 332 g/mol. The van der Waals surface area contributed by atoms with Crippen LogP contribution in [0.15, 0.2) is 12.1 Å². The van der Waals surface area contributed by atoms with Gasteiger partial charge in [0.25, 0.3) is 0 Å². The maximum absolute atomic E-state index is 12.7. The summed E-state index contributed by atoms with van der Waals surface area (Å²) in [5.74, 6) is 0. The summed E-state index contributed by atoms with van der Waals surface area (Å²) < 4.78 is 41.2. The van der Waals surface area contributed by atoms with Crippen LogP contribution in [0.3, 0.4) is 0 Å². The van der Waals surface area contributed by atoms with Gasteiger partial charge in [0.2, 0.25) is 0 Å². The van der Waals surface area contributed by atoms with Crippen LogP contribution in [-0.4, -0.2) is 19.1 Å². The fourth-order valence-corrected chi connectivity index (χ4v) is 4.46. The molecule has 1 aromatic carbocycles. The Morgan fingerprint density at radius 2 is 2.00 bits per heavy atom. The van der Waals surface area contributed by atoms with Gasteiger partial charge in [0, 0.05) is 0 Å². The van der Waals surface area contributed by atoms with Crippen molar-refractivity contribution >= 4 is 36.7 Å². The van der Waals surface area contributed by atoms with Crippen LogP contribution >= 0.6 is 12.4 Å². The van der Waals surface area contributed by atoms with Crippen LogP contribution in [0.4, 0.5) is 13.2 Å². The third kappa shape index (κ3) is 2.02. The van der Waals surface area contributed by atoms with Gasteiger partial charge in [-0.1, -0.05) is 0 Å². The minimum absolute atomic E-state index is 0. The Morgan fingerprint density at radius 1 is 1.28 bits per heavy atom. The van der Waals surface area contributed by atoms with Gasteiger partial charge in [0.15, 0.2) is 0 Å². The molecule has 0 saturated carbocycles. The number of aromatic nitrogens is 1. The van der Waals surface area contributed by atoms with Gasteiger partial charge in [-0.15, -0.1) is 12.4 Å². The predicted octanol–water partition coefficient (Wildman–Crippen LogP) is 2.56. The summed E-state index contributed by atoms with van der Waals surface area (Å²) >= 11 is -0.268. The number of aryl methyl sites for hydroxylation is 2. The number of alkyl halides is 3. The zero-order valence-corrected chi connectivity index (χ0v) is 11.7. The van der Waals surface area contributed by atoms with Gasteiger partial charge < -0.3 is 0 Å². The molecule has 1 N–H and O–H groups in total. The molecule has 0 fully saturated rings. The van der Waals surface area contributed by atoms with E-state index in [0.29, 0.717) is 15.0 Å². The molecule has 0 amide bonds. The SMILES string of the molecule is Cl.N=c1[se]c2cc(C(F)(F)F)cc3c2n1CCC3. The van der Waals surface area contributed by atoms with Gasteiger partial charge in [0.05, 0.1) is 0 Å². The van der Waals surface area contributed by atoms with Gasteiger partial charge in [0.1, 0.15) is 0 Å². The van der Waals surface area contributed by atoms with Crippen LogP contribution in [0.5, 0.6) is 0 Å². The zero-order chi connectivity index (χ0) is 12.2. The molecule has 0 radical (unpaired) electrons. The molecule has 18 heavy (non-hydrogen) atoms. The molecule has 2 aromatic rings. The van der Waals surface area contributed by atoms with Crippen molar-refractivity contribution < 1.29 is 13.2 Å². The number of hydrogen-bond acceptors (Lipinski definition) is 1. The Hall–Kier alpha value is -0.711. The molecule has 0 bridgehead atoms. The molecule has 98 valence electrons. The molecule has 2 heterocycles. The fourth-order valence-electron chi connectivity index (χ4n) is 2.31. The van der Waals surface area contributed by atoms with E-state index in [2.05, 4.69) is 0 Å². The quantitative estimate of drug-likeness (QED) is 0.714. The number of nitrogens with one attached hydrogen (secondary N) is 1. The molecule has 1 aromatic heterocycles. The summed E-state index contributed by atoms with van der Waals surface area (Å²) in [7, 11) is 0. The van der Waals surface area contributed by atoms with E-state index < -0.39 is 11.7 Å². The second kappa shape index (κ2) is 4.44. The Labute approximate surface area is 113 Å². The number of halogens is 4. The van der Waals surface area contributed by atoms with Crippen LogP contribution < -0.4 is 4.36 Å². The fraction of sp³-hybridized carbons (Fsp3) is 0.364. The van der Waals surface area contributed by atoms with Gasteiger partial charge in [-0.3, -0.25) is 0 Å². The molecule has 0 atom stereocenters. The summed E-state index contributed by atoms with van der Waals surface area (Å²) in [5, 5.41) is 7.82. The summed E-state index contributed by atoms with van der Waals surface area (Å²) in [6.07, 6.45) is -2.77. The molecule has 0 spiro atoms. The molecule has 2 nitrogen and oxygen atoms in total. The number of hydrogen-bond donors (Lipinski definition) is 1. The second-order valence-corrected chi connectivity index (χ2v) is 6.30. The summed E-state index contributed by atoms with van der Waals surface area (Å²) in [5.41, 5.74) is 1.07. The second-order valence-electron chi connectivity index (χ2n) is 4.14. The Bertz CT molecular complexity index is 657. The van der Waals surface area contributed by atoms with E-state index in [0.717, 1.165) is 24.0 Å². The maximum atomic E-state index is 12.7. The third-order valence-corrected chi connectivity index (χ3v) is 5.01. The number of nitrogens with zero attached hydrogens (tertiary/aromatic N) is 1. The predicted molar refractivity (Wildman–Crippen MR) is 65.3 cm³/mol. The van der Waals surface area contributed by atoms with Crippen molar-refractivity contribution in [2.75, 3.05) is 0 Å². The topological polar surface area (TPSA) is 28.8 Å². The van der Waals surface area contributed by atoms with Gasteiger partial charge >= 0.3 is 101 Å². The average molecular weight is 342 g/mol. The van der Waals surface area contributed by atoms with E-state index in [1.807, 2.05) is 4.57 Å². The first-order valence-corrected chi connectivity index (χ1v) is 6.96. The zero-order valence-electron chi connectivity index (χ0n) is 9.17. The van der Waals surface area contributed by atoms with Crippen molar-refractivity contribution in [1.82, 2.24) is 4.57 Å². The van der Waals surface area contributed by atoms with Gasteiger partial charge in [-0.2, -0.15) is 0 Å². The van der Waals surface area contributed by atoms with Crippen molar-refractivity contribution in [3.05, 3.63) is 27.6 Å². The van der Waals surface area contributed by atoms with E-state index in [9.17, 15) is 13.2 Å². The molecule has 0 unspecified atom stereocenters. The van der Waals surface area contributed by atoms with Crippen LogP contribution in [0.25, 0.3) is 9.78 Å². The van der Waals surface area contributed by atoms with E-state index >= 15 is 0 Å². The van der Waals surface area contributed by atoms with E-state index in [-0.39, 0.29) is 26.9 Å². The Balaban J connectivity index is 0.00000120. The van der Waals surface area contributed by atoms with Crippen molar-refractivity contribution in [3.63, 3.8) is 0 Å². The van der Waals surface area contributed by atoms with Crippen LogP contribution in [0.1, 0.15) is 17.5 Å². The van der Waals surface area contributed by atoms with Crippen LogP contribution in [-0.2, 0) is 19.1 Å². The third-order valence-electron chi connectivity index (χ3n) is 3.03. The molecule has 0 saturated heterocycles. The van der Waals surface area contributed by atoms with E-state index in [1.54, 1.807) is 0 Å². The van der Waals surface area contributed by atoms with Crippen molar-refractivity contribution in [3.8, 4) is 0 Å². The average Bonchev–Trinajstić information content (AvgIpc) is 2.56. The molecule has 7 heteroatoms. The molecule has 0 aliphatic carbocycles. The number of rotatable bonds is 0. The Morgan fingerprint density at radius 3 is 2.67 bits per heavy atom. The van der Waals surface area contributed by atoms with Crippen LogP contribution in [0.2, 0.25) is 0 Å². The first-order chi connectivity index (χ1) is 7.97. The van der Waals surface area contributed by atoms with E-state index in [1.165, 1.54) is 12.1 Å². The molecule has 1 aliphatic rings. The standard InChI is InChI=1S/C11H9F3N2Se.ClH/c12-11(13,14)7-4-6-2-1-3-16-9(6)8(5-7)17-10(16)15;/h4-5,15H,1-3H2;1H. The first kappa shape index (κ1) is 13.7. The monoisotopic (exact) mass is 342 g/mol. The molecular formula is C11H10ClF3N2Se. The Kier molecular flexibility index (Phi) is 3.38. The summed E-state index contributed by atoms with van der Waals surface area (Å²) in [4.78, 5) is 0. The minimum atomic E-state index is -4.28. The number of benzene rings is 1. The first-order valence-electron chi connectivity index (χ1n) is 5.25. The summed E-state index contributed by atoms with van der Waals surface area (Å²) in [6.45, 7) is 0.770. The normalized spacial score (nSPS) is 14.6. The van der Waals surface area contributed by atoms with Gasteiger partial charge in [-0.25, -0.2) is 0 Å². The van der Waals surface area contributed by atoms with Crippen molar-refractivity contribution in [1.29, 1.82) is 5.41 Å². The van der Waals surface area contributed by atoms with Crippen molar-refractivity contribution in [2.45, 2.75) is 25.6 Å². The van der Waals surface area contributed by atoms with Crippen molar-refractivity contribution in [2.24, 2.45) is 0 Å².